The van der Waals surface area contributed by atoms with Gasteiger partial charge in [0.2, 0.25) is 0 Å². The van der Waals surface area contributed by atoms with E-state index in [4.69, 9.17) is 11.6 Å². The molecule has 2 nitrogen and oxygen atoms in total. The first kappa shape index (κ1) is 13.7. The van der Waals surface area contributed by atoms with Crippen molar-refractivity contribution >= 4 is 22.6 Å². The number of rotatable bonds is 3. The van der Waals surface area contributed by atoms with E-state index in [-0.39, 0.29) is 36.5 Å². The van der Waals surface area contributed by atoms with Crippen LogP contribution >= 0.6 is 11.6 Å². The number of halogens is 5. The lowest BCUT2D eigenvalue weighted by atomic mass is 10.2. The summed E-state index contributed by atoms with van der Waals surface area (Å²) in [5.74, 6) is -0.149. The van der Waals surface area contributed by atoms with Gasteiger partial charge in [-0.25, -0.2) is 9.37 Å². The molecule has 0 unspecified atom stereocenters. The molecule has 0 amide bonds. The van der Waals surface area contributed by atoms with Crippen LogP contribution in [0.2, 0.25) is 0 Å². The maximum absolute atomic E-state index is 13.4. The Kier molecular flexibility index (Phi) is 2.97. The highest BCUT2D eigenvalue weighted by molar-refractivity contribution is 6.17. The molecule has 1 heterocycles. The molecule has 1 saturated carbocycles. The fourth-order valence-corrected chi connectivity index (χ4v) is 2.75. The predicted molar refractivity (Wildman–Crippen MR) is 67.4 cm³/mol. The van der Waals surface area contributed by atoms with Gasteiger partial charge in [-0.05, 0) is 31.0 Å². The molecule has 0 bridgehead atoms. The molecule has 0 aliphatic heterocycles. The Bertz CT molecular complexity index is 658. The number of aryl methyl sites for hydroxylation is 1. The van der Waals surface area contributed by atoms with Crippen LogP contribution < -0.4 is 0 Å². The van der Waals surface area contributed by atoms with Gasteiger partial charge in [-0.2, -0.15) is 13.2 Å². The third kappa shape index (κ3) is 1.89. The number of hydrogen-bond donors (Lipinski definition) is 0. The predicted octanol–water partition coefficient (Wildman–Crippen LogP) is 4.01. The Hall–Kier alpha value is -1.30. The van der Waals surface area contributed by atoms with Crippen molar-refractivity contribution in [3.8, 4) is 0 Å². The number of imidazole rings is 1. The number of alkyl halides is 4. The van der Waals surface area contributed by atoms with E-state index in [9.17, 15) is 17.6 Å². The van der Waals surface area contributed by atoms with Gasteiger partial charge in [-0.15, -0.1) is 11.6 Å². The number of aromatic nitrogens is 2. The molecule has 1 aliphatic carbocycles. The lowest BCUT2D eigenvalue weighted by molar-refractivity contribution is -0.179. The van der Waals surface area contributed by atoms with Crippen molar-refractivity contribution in [3.63, 3.8) is 0 Å². The van der Waals surface area contributed by atoms with E-state index in [1.165, 1.54) is 12.1 Å². The molecule has 0 N–H and O–H groups in total. The first-order valence-electron chi connectivity index (χ1n) is 6.19. The fourth-order valence-electron chi connectivity index (χ4n) is 2.58. The third-order valence-corrected chi connectivity index (χ3v) is 3.87. The van der Waals surface area contributed by atoms with Gasteiger partial charge < -0.3 is 4.57 Å². The van der Waals surface area contributed by atoms with Crippen LogP contribution in [0.1, 0.15) is 18.7 Å². The highest BCUT2D eigenvalue weighted by atomic mass is 35.5. The molecule has 20 heavy (non-hydrogen) atoms. The molecule has 0 saturated heterocycles. The second-order valence-corrected chi connectivity index (χ2v) is 5.34. The van der Waals surface area contributed by atoms with E-state index in [0.29, 0.717) is 5.52 Å². The zero-order valence-electron chi connectivity index (χ0n) is 10.3. The summed E-state index contributed by atoms with van der Waals surface area (Å²) >= 11 is 5.64. The molecule has 1 fully saturated rings. The highest BCUT2D eigenvalue weighted by Crippen LogP contribution is 2.56. The van der Waals surface area contributed by atoms with Gasteiger partial charge in [0.15, 0.2) is 0 Å². The van der Waals surface area contributed by atoms with Crippen molar-refractivity contribution in [2.45, 2.75) is 31.0 Å². The fraction of sp³-hybridized carbons (Fsp3) is 0.462. The molecule has 0 atom stereocenters. The largest absolute Gasteiger partial charge is 0.412 e. The summed E-state index contributed by atoms with van der Waals surface area (Å²) in [6.45, 7) is 0. The van der Waals surface area contributed by atoms with Gasteiger partial charge in [0.25, 0.3) is 0 Å². The number of fused-ring (bicyclic) bond motifs is 1. The highest BCUT2D eigenvalue weighted by Gasteiger charge is 2.65. The van der Waals surface area contributed by atoms with E-state index in [1.54, 1.807) is 0 Å². The number of hydrogen-bond acceptors (Lipinski definition) is 1. The van der Waals surface area contributed by atoms with Gasteiger partial charge in [0.05, 0.1) is 11.0 Å². The van der Waals surface area contributed by atoms with Crippen LogP contribution in [0, 0.1) is 5.82 Å². The molecule has 1 aromatic carbocycles. The SMILES string of the molecule is Fc1ccc2nc(CCCl)n(C3(C(F)(F)F)CC3)c2c1. The van der Waals surface area contributed by atoms with Gasteiger partial charge in [0, 0.05) is 12.3 Å². The van der Waals surface area contributed by atoms with Crippen molar-refractivity contribution in [2.24, 2.45) is 0 Å². The Labute approximate surface area is 117 Å². The maximum Gasteiger partial charge on any atom is 0.412 e. The lowest BCUT2D eigenvalue weighted by Gasteiger charge is -2.23. The number of nitrogens with zero attached hydrogens (tertiary/aromatic N) is 2. The van der Waals surface area contributed by atoms with Gasteiger partial charge in [-0.1, -0.05) is 0 Å². The molecule has 0 spiro atoms. The van der Waals surface area contributed by atoms with Gasteiger partial charge >= 0.3 is 6.18 Å². The summed E-state index contributed by atoms with van der Waals surface area (Å²) in [7, 11) is 0. The third-order valence-electron chi connectivity index (χ3n) is 3.68. The molecular weight excluding hydrogens is 296 g/mol. The van der Waals surface area contributed by atoms with E-state index >= 15 is 0 Å². The Morgan fingerprint density at radius 2 is 2.00 bits per heavy atom. The van der Waals surface area contributed by atoms with Crippen LogP contribution in [0.25, 0.3) is 11.0 Å². The molecule has 108 valence electrons. The van der Waals surface area contributed by atoms with Crippen LogP contribution in [0.5, 0.6) is 0 Å². The van der Waals surface area contributed by atoms with Gasteiger partial charge in [-0.3, -0.25) is 0 Å². The van der Waals surface area contributed by atoms with Crippen LogP contribution in [0.3, 0.4) is 0 Å². The summed E-state index contributed by atoms with van der Waals surface area (Å²) in [6, 6.07) is 3.69. The average molecular weight is 307 g/mol. The molecule has 1 aliphatic rings. The monoisotopic (exact) mass is 306 g/mol. The van der Waals surface area contributed by atoms with Crippen molar-refractivity contribution in [3.05, 3.63) is 29.8 Å². The van der Waals surface area contributed by atoms with E-state index in [2.05, 4.69) is 4.98 Å². The first-order valence-corrected chi connectivity index (χ1v) is 6.72. The topological polar surface area (TPSA) is 17.8 Å². The normalized spacial score (nSPS) is 17.6. The number of benzene rings is 1. The minimum atomic E-state index is -4.38. The van der Waals surface area contributed by atoms with E-state index < -0.39 is 17.5 Å². The van der Waals surface area contributed by atoms with E-state index in [0.717, 1.165) is 10.6 Å². The molecular formula is C13H11ClF4N2. The molecule has 0 radical (unpaired) electrons. The van der Waals surface area contributed by atoms with E-state index in [1.807, 2.05) is 0 Å². The maximum atomic E-state index is 13.4. The van der Waals surface area contributed by atoms with Gasteiger partial charge in [0.1, 0.15) is 17.2 Å². The quantitative estimate of drug-likeness (QED) is 0.619. The zero-order chi connectivity index (χ0) is 14.5. The van der Waals surface area contributed by atoms with Crippen LogP contribution in [-0.2, 0) is 12.0 Å². The lowest BCUT2D eigenvalue weighted by Crippen LogP contribution is -2.36. The molecule has 1 aromatic heterocycles. The first-order chi connectivity index (χ1) is 9.39. The minimum absolute atomic E-state index is 0.00619. The molecule has 2 aromatic rings. The summed E-state index contributed by atoms with van der Waals surface area (Å²) in [4.78, 5) is 4.18. The van der Waals surface area contributed by atoms with Crippen molar-refractivity contribution in [1.82, 2.24) is 9.55 Å². The summed E-state index contributed by atoms with van der Waals surface area (Å²) in [5, 5.41) is 0. The second kappa shape index (κ2) is 4.35. The van der Waals surface area contributed by atoms with Crippen LogP contribution in [0.4, 0.5) is 17.6 Å². The summed E-state index contributed by atoms with van der Waals surface area (Å²) in [5.41, 5.74) is -1.40. The van der Waals surface area contributed by atoms with Crippen LogP contribution in [-0.4, -0.2) is 21.6 Å². The smallest absolute Gasteiger partial charge is 0.312 e. The Balaban J connectivity index is 2.27. The Morgan fingerprint density at radius 3 is 2.55 bits per heavy atom. The molecule has 3 rings (SSSR count). The Morgan fingerprint density at radius 1 is 1.30 bits per heavy atom. The van der Waals surface area contributed by atoms with Crippen molar-refractivity contribution in [1.29, 1.82) is 0 Å². The van der Waals surface area contributed by atoms with Crippen LogP contribution in [0.15, 0.2) is 18.2 Å². The minimum Gasteiger partial charge on any atom is -0.312 e. The van der Waals surface area contributed by atoms with Crippen molar-refractivity contribution in [2.75, 3.05) is 5.88 Å². The summed E-state index contributed by atoms with van der Waals surface area (Å²) < 4.78 is 54.5. The molecule has 7 heteroatoms. The standard InChI is InChI=1S/C13H11ClF4N2/c14-6-3-11-19-9-2-1-8(15)7-10(9)20(11)12(4-5-12)13(16,17)18/h1-2,7H,3-6H2. The second-order valence-electron chi connectivity index (χ2n) is 4.96. The zero-order valence-corrected chi connectivity index (χ0v) is 11.1. The van der Waals surface area contributed by atoms with Crippen molar-refractivity contribution < 1.29 is 17.6 Å². The average Bonchev–Trinajstić information content (AvgIpc) is 3.08. The summed E-state index contributed by atoms with van der Waals surface area (Å²) in [6.07, 6.45) is -4.18.